The Morgan fingerprint density at radius 2 is 1.83 bits per heavy atom. The van der Waals surface area contributed by atoms with E-state index in [1.165, 1.54) is 7.11 Å². The molecule has 114 valence electrons. The molecule has 2 heterocycles. The first-order valence-corrected chi connectivity index (χ1v) is 7.12. The number of pyridine rings is 1. The van der Waals surface area contributed by atoms with Crippen LogP contribution < -0.4 is 0 Å². The van der Waals surface area contributed by atoms with Gasteiger partial charge in [-0.3, -0.25) is 9.97 Å². The number of hydrogen-bond donors (Lipinski definition) is 0. The quantitative estimate of drug-likeness (QED) is 0.695. The van der Waals surface area contributed by atoms with Gasteiger partial charge >= 0.3 is 5.97 Å². The first-order chi connectivity index (χ1) is 11.2. The van der Waals surface area contributed by atoms with E-state index in [2.05, 4.69) is 15.0 Å². The fourth-order valence-corrected chi connectivity index (χ4v) is 2.27. The Morgan fingerprint density at radius 1 is 1.04 bits per heavy atom. The number of rotatable bonds is 3. The number of esters is 1. The first-order valence-electron chi connectivity index (χ1n) is 7.12. The Bertz CT molecular complexity index is 848. The van der Waals surface area contributed by atoms with Gasteiger partial charge < -0.3 is 4.74 Å². The molecule has 0 bridgehead atoms. The summed E-state index contributed by atoms with van der Waals surface area (Å²) in [5.74, 6) is -0.515. The monoisotopic (exact) mass is 305 g/mol. The Labute approximate surface area is 134 Å². The van der Waals surface area contributed by atoms with Crippen LogP contribution in [-0.4, -0.2) is 28.0 Å². The highest BCUT2D eigenvalue weighted by molar-refractivity contribution is 5.94. The molecular weight excluding hydrogens is 290 g/mol. The molecule has 0 aliphatic rings. The number of carbonyl (C=O) groups is 1. The predicted molar refractivity (Wildman–Crippen MR) is 86.8 cm³/mol. The summed E-state index contributed by atoms with van der Waals surface area (Å²) in [5, 5.41) is 0. The minimum absolute atomic E-state index is 0.192. The van der Waals surface area contributed by atoms with Gasteiger partial charge in [-0.15, -0.1) is 0 Å². The van der Waals surface area contributed by atoms with Crippen LogP contribution in [0.1, 0.15) is 16.1 Å². The van der Waals surface area contributed by atoms with Gasteiger partial charge in [0.25, 0.3) is 0 Å². The second-order valence-electron chi connectivity index (χ2n) is 5.06. The second kappa shape index (κ2) is 6.36. The zero-order valence-corrected chi connectivity index (χ0v) is 12.9. The standard InChI is InChI=1S/C18H15N3O2/c1-12-8-14(10-19-9-12)15-11-20-16(13-6-4-3-5-7-13)17(21-15)18(22)23-2/h3-11H,1-2H3. The van der Waals surface area contributed by atoms with Crippen molar-refractivity contribution in [2.24, 2.45) is 0 Å². The lowest BCUT2D eigenvalue weighted by molar-refractivity contribution is 0.0594. The number of aromatic nitrogens is 3. The third kappa shape index (κ3) is 3.08. The van der Waals surface area contributed by atoms with E-state index in [1.54, 1.807) is 18.6 Å². The molecule has 3 aromatic rings. The number of methoxy groups -OCH3 is 1. The SMILES string of the molecule is COC(=O)c1nc(-c2cncc(C)c2)cnc1-c1ccccc1. The molecule has 0 amide bonds. The number of carbonyl (C=O) groups excluding carboxylic acids is 1. The molecule has 0 atom stereocenters. The zero-order valence-electron chi connectivity index (χ0n) is 12.9. The third-order valence-corrected chi connectivity index (χ3v) is 3.37. The van der Waals surface area contributed by atoms with Gasteiger partial charge in [0.1, 0.15) is 5.69 Å². The Balaban J connectivity index is 2.15. The Morgan fingerprint density at radius 3 is 2.52 bits per heavy atom. The largest absolute Gasteiger partial charge is 0.464 e. The molecule has 0 fully saturated rings. The van der Waals surface area contributed by atoms with Gasteiger partial charge in [-0.25, -0.2) is 9.78 Å². The van der Waals surface area contributed by atoms with Crippen LogP contribution in [-0.2, 0) is 4.74 Å². The fourth-order valence-electron chi connectivity index (χ4n) is 2.27. The van der Waals surface area contributed by atoms with Crippen LogP contribution in [0.4, 0.5) is 0 Å². The molecule has 23 heavy (non-hydrogen) atoms. The molecule has 2 aromatic heterocycles. The maximum atomic E-state index is 12.1. The summed E-state index contributed by atoms with van der Waals surface area (Å²) in [4.78, 5) is 25.2. The van der Waals surface area contributed by atoms with Crippen LogP contribution in [0.2, 0.25) is 0 Å². The lowest BCUT2D eigenvalue weighted by Crippen LogP contribution is -2.09. The topological polar surface area (TPSA) is 65.0 Å². The molecule has 0 radical (unpaired) electrons. The maximum absolute atomic E-state index is 12.1. The van der Waals surface area contributed by atoms with E-state index in [0.717, 1.165) is 16.7 Å². The van der Waals surface area contributed by atoms with Crippen LogP contribution in [0.5, 0.6) is 0 Å². The molecule has 0 saturated heterocycles. The van der Waals surface area contributed by atoms with E-state index in [1.807, 2.05) is 43.3 Å². The summed E-state index contributed by atoms with van der Waals surface area (Å²) in [6.07, 6.45) is 5.10. The molecule has 0 unspecified atom stereocenters. The summed E-state index contributed by atoms with van der Waals surface area (Å²) in [5.41, 5.74) is 3.91. The fraction of sp³-hybridized carbons (Fsp3) is 0.111. The van der Waals surface area contributed by atoms with Crippen LogP contribution >= 0.6 is 0 Å². The van der Waals surface area contributed by atoms with Crippen molar-refractivity contribution in [3.8, 4) is 22.5 Å². The van der Waals surface area contributed by atoms with E-state index < -0.39 is 5.97 Å². The summed E-state index contributed by atoms with van der Waals surface area (Å²) >= 11 is 0. The van der Waals surface area contributed by atoms with Crippen LogP contribution in [0, 0.1) is 6.92 Å². The van der Waals surface area contributed by atoms with Crippen LogP contribution in [0.15, 0.2) is 55.0 Å². The van der Waals surface area contributed by atoms with E-state index in [9.17, 15) is 4.79 Å². The summed E-state index contributed by atoms with van der Waals surface area (Å²) in [6, 6.07) is 11.4. The van der Waals surface area contributed by atoms with Gasteiger partial charge in [0.2, 0.25) is 0 Å². The molecule has 5 heteroatoms. The molecule has 0 spiro atoms. The van der Waals surface area contributed by atoms with E-state index in [0.29, 0.717) is 11.4 Å². The van der Waals surface area contributed by atoms with Gasteiger partial charge in [0.05, 0.1) is 19.0 Å². The molecule has 5 nitrogen and oxygen atoms in total. The van der Waals surface area contributed by atoms with Gasteiger partial charge in [-0.05, 0) is 18.6 Å². The van der Waals surface area contributed by atoms with E-state index in [4.69, 9.17) is 4.74 Å². The van der Waals surface area contributed by atoms with Gasteiger partial charge in [0, 0.05) is 23.5 Å². The van der Waals surface area contributed by atoms with Crippen molar-refractivity contribution in [3.05, 3.63) is 66.2 Å². The maximum Gasteiger partial charge on any atom is 0.358 e. The molecule has 0 saturated carbocycles. The average molecular weight is 305 g/mol. The highest BCUT2D eigenvalue weighted by atomic mass is 16.5. The van der Waals surface area contributed by atoms with Crippen molar-refractivity contribution in [1.29, 1.82) is 0 Å². The normalized spacial score (nSPS) is 10.3. The zero-order chi connectivity index (χ0) is 16.2. The van der Waals surface area contributed by atoms with E-state index in [-0.39, 0.29) is 5.69 Å². The molecule has 1 aromatic carbocycles. The summed E-state index contributed by atoms with van der Waals surface area (Å²) in [7, 11) is 1.33. The Hall–Kier alpha value is -3.08. The molecule has 3 rings (SSSR count). The second-order valence-corrected chi connectivity index (χ2v) is 5.06. The highest BCUT2D eigenvalue weighted by Crippen LogP contribution is 2.24. The number of benzene rings is 1. The van der Waals surface area contributed by atoms with Crippen molar-refractivity contribution < 1.29 is 9.53 Å². The number of hydrogen-bond acceptors (Lipinski definition) is 5. The molecule has 0 aliphatic carbocycles. The lowest BCUT2D eigenvalue weighted by Gasteiger charge is -2.09. The lowest BCUT2D eigenvalue weighted by atomic mass is 10.1. The number of ether oxygens (including phenoxy) is 1. The average Bonchev–Trinajstić information content (AvgIpc) is 2.61. The van der Waals surface area contributed by atoms with Gasteiger partial charge in [-0.1, -0.05) is 30.3 Å². The third-order valence-electron chi connectivity index (χ3n) is 3.37. The van der Waals surface area contributed by atoms with Crippen molar-refractivity contribution in [2.45, 2.75) is 6.92 Å². The van der Waals surface area contributed by atoms with Gasteiger partial charge in [-0.2, -0.15) is 0 Å². The van der Waals surface area contributed by atoms with Crippen molar-refractivity contribution in [3.63, 3.8) is 0 Å². The smallest absolute Gasteiger partial charge is 0.358 e. The van der Waals surface area contributed by atoms with Crippen molar-refractivity contribution in [2.75, 3.05) is 7.11 Å². The highest BCUT2D eigenvalue weighted by Gasteiger charge is 2.18. The number of nitrogens with zero attached hydrogens (tertiary/aromatic N) is 3. The number of aryl methyl sites for hydroxylation is 1. The van der Waals surface area contributed by atoms with Crippen LogP contribution in [0.25, 0.3) is 22.5 Å². The molecule has 0 aliphatic heterocycles. The van der Waals surface area contributed by atoms with Gasteiger partial charge in [0.15, 0.2) is 5.69 Å². The minimum atomic E-state index is -0.515. The minimum Gasteiger partial charge on any atom is -0.464 e. The summed E-state index contributed by atoms with van der Waals surface area (Å²) < 4.78 is 4.86. The van der Waals surface area contributed by atoms with Crippen LogP contribution in [0.3, 0.4) is 0 Å². The molecule has 0 N–H and O–H groups in total. The Kier molecular flexibility index (Phi) is 4.10. The van der Waals surface area contributed by atoms with Crippen molar-refractivity contribution >= 4 is 5.97 Å². The predicted octanol–water partition coefficient (Wildman–Crippen LogP) is 3.30. The molecular formula is C18H15N3O2. The van der Waals surface area contributed by atoms with Crippen molar-refractivity contribution in [1.82, 2.24) is 15.0 Å². The summed E-state index contributed by atoms with van der Waals surface area (Å²) in [6.45, 7) is 1.95. The first kappa shape index (κ1) is 14.8. The van der Waals surface area contributed by atoms with E-state index >= 15 is 0 Å².